The average Bonchev–Trinajstić information content (AvgIpc) is 3.68. The van der Waals surface area contributed by atoms with Crippen LogP contribution in [0.1, 0.15) is 15.9 Å². The summed E-state index contributed by atoms with van der Waals surface area (Å²) in [5.41, 5.74) is 7.34. The van der Waals surface area contributed by atoms with Crippen LogP contribution < -0.4 is 10.0 Å². The predicted octanol–water partition coefficient (Wildman–Crippen LogP) is 5.67. The number of fused-ring (bicyclic) bond motifs is 2. The number of carbonyl (C=O) groups is 1. The molecule has 0 saturated carbocycles. The lowest BCUT2D eigenvalue weighted by molar-refractivity contribution is 0.102. The number of amides is 1. The molecule has 0 fully saturated rings. The van der Waals surface area contributed by atoms with Crippen molar-refractivity contribution in [2.45, 2.75) is 6.54 Å². The van der Waals surface area contributed by atoms with E-state index in [-0.39, 0.29) is 12.5 Å². The zero-order valence-corrected chi connectivity index (χ0v) is 25.1. The van der Waals surface area contributed by atoms with E-state index in [9.17, 15) is 17.6 Å². The number of rotatable bonds is 8. The molecule has 5 aromatic heterocycles. The molecular formula is C33H25FN8O3S. The Morgan fingerprint density at radius 3 is 2.54 bits per heavy atom. The van der Waals surface area contributed by atoms with Gasteiger partial charge < -0.3 is 10.3 Å². The number of sulfonamides is 1. The number of nitrogens with zero attached hydrogens (tertiary/aromatic N) is 4. The maximum absolute atomic E-state index is 14.6. The van der Waals surface area contributed by atoms with Gasteiger partial charge >= 0.3 is 0 Å². The lowest BCUT2D eigenvalue weighted by Crippen LogP contribution is -2.21. The number of anilines is 1. The SMILES string of the molecule is CS(=O)(=O)NCc1cc(F)cc(-c2cncc3[nH]c(-c4n[nH]c5ccc(-c6cncc(NC(=O)c7ccccc7)c6)nc45)cc23)c1. The number of nitrogens with one attached hydrogen (secondary N) is 4. The van der Waals surface area contributed by atoms with Gasteiger partial charge in [0.05, 0.1) is 46.8 Å². The first-order valence-corrected chi connectivity index (χ1v) is 16.0. The third-order valence-electron chi connectivity index (χ3n) is 7.34. The summed E-state index contributed by atoms with van der Waals surface area (Å²) in [6, 6.07) is 20.8. The standard InChI is InChI=1S/C33H25FN8O3S/c1-46(44,45)37-14-19-9-21(11-23(34)10-19)26-17-36-18-30-25(26)13-29(39-30)32-31-28(41-42-32)8-7-27(40-31)22-12-24(16-35-15-22)38-33(43)20-5-3-2-4-6-20/h2-13,15-18,37,39H,14H2,1H3,(H,38,43)(H,41,42). The Morgan fingerprint density at radius 2 is 1.72 bits per heavy atom. The summed E-state index contributed by atoms with van der Waals surface area (Å²) in [6.07, 6.45) is 7.61. The van der Waals surface area contributed by atoms with Gasteiger partial charge in [0.1, 0.15) is 17.0 Å². The van der Waals surface area contributed by atoms with E-state index < -0.39 is 15.8 Å². The van der Waals surface area contributed by atoms with Crippen molar-refractivity contribution in [2.24, 2.45) is 0 Å². The maximum atomic E-state index is 14.6. The molecule has 0 bridgehead atoms. The van der Waals surface area contributed by atoms with Crippen LogP contribution in [-0.2, 0) is 16.6 Å². The van der Waals surface area contributed by atoms with E-state index >= 15 is 0 Å². The maximum Gasteiger partial charge on any atom is 0.255 e. The van der Waals surface area contributed by atoms with Gasteiger partial charge in [-0.3, -0.25) is 19.9 Å². The van der Waals surface area contributed by atoms with E-state index in [4.69, 9.17) is 4.98 Å². The third kappa shape index (κ3) is 5.96. The molecule has 0 aliphatic rings. The molecule has 0 unspecified atom stereocenters. The Morgan fingerprint density at radius 1 is 0.891 bits per heavy atom. The Labute approximate surface area is 262 Å². The summed E-state index contributed by atoms with van der Waals surface area (Å²) in [5, 5.41) is 11.2. The van der Waals surface area contributed by atoms with Crippen molar-refractivity contribution in [3.63, 3.8) is 0 Å². The molecule has 1 amide bonds. The van der Waals surface area contributed by atoms with Crippen molar-refractivity contribution in [3.05, 3.63) is 115 Å². The minimum atomic E-state index is -3.45. The Kier molecular flexibility index (Phi) is 7.31. The number of pyridine rings is 3. The van der Waals surface area contributed by atoms with Gasteiger partial charge in [0.15, 0.2) is 0 Å². The van der Waals surface area contributed by atoms with Crippen LogP contribution in [0.2, 0.25) is 0 Å². The largest absolute Gasteiger partial charge is 0.352 e. The first-order valence-electron chi connectivity index (χ1n) is 14.1. The zero-order chi connectivity index (χ0) is 31.8. The van der Waals surface area contributed by atoms with E-state index in [0.29, 0.717) is 67.1 Å². The molecule has 0 spiro atoms. The van der Waals surface area contributed by atoms with Gasteiger partial charge in [-0.2, -0.15) is 5.10 Å². The van der Waals surface area contributed by atoms with Crippen molar-refractivity contribution in [2.75, 3.05) is 11.6 Å². The molecule has 0 atom stereocenters. The molecular weight excluding hydrogens is 607 g/mol. The van der Waals surface area contributed by atoms with Crippen LogP contribution in [-0.4, -0.2) is 50.7 Å². The predicted molar refractivity (Wildman–Crippen MR) is 174 cm³/mol. The van der Waals surface area contributed by atoms with E-state index in [1.165, 1.54) is 12.1 Å². The molecule has 4 N–H and O–H groups in total. The van der Waals surface area contributed by atoms with Crippen LogP contribution >= 0.6 is 0 Å². The normalized spacial score (nSPS) is 11.7. The molecule has 228 valence electrons. The lowest BCUT2D eigenvalue weighted by atomic mass is 10.0. The molecule has 2 aromatic carbocycles. The van der Waals surface area contributed by atoms with Gasteiger partial charge in [0.2, 0.25) is 10.0 Å². The Bertz CT molecular complexity index is 2370. The Balaban J connectivity index is 1.22. The number of hydrogen-bond donors (Lipinski definition) is 4. The molecule has 0 saturated heterocycles. The topological polar surface area (TPSA) is 158 Å². The van der Waals surface area contributed by atoms with Crippen LogP contribution in [0.15, 0.2) is 97.6 Å². The van der Waals surface area contributed by atoms with Gasteiger partial charge in [-0.1, -0.05) is 18.2 Å². The highest BCUT2D eigenvalue weighted by atomic mass is 32.2. The van der Waals surface area contributed by atoms with Crippen LogP contribution in [0.25, 0.3) is 55.7 Å². The van der Waals surface area contributed by atoms with Gasteiger partial charge in [0, 0.05) is 41.0 Å². The van der Waals surface area contributed by atoms with Gasteiger partial charge in [-0.15, -0.1) is 0 Å². The quantitative estimate of drug-likeness (QED) is 0.168. The number of H-pyrrole nitrogens is 2. The van der Waals surface area contributed by atoms with Crippen LogP contribution in [0.5, 0.6) is 0 Å². The zero-order valence-electron chi connectivity index (χ0n) is 24.2. The summed E-state index contributed by atoms with van der Waals surface area (Å²) in [5.74, 6) is -0.739. The van der Waals surface area contributed by atoms with Gasteiger partial charge in [-0.25, -0.2) is 22.5 Å². The molecule has 7 aromatic rings. The number of benzene rings is 2. The second-order valence-electron chi connectivity index (χ2n) is 10.7. The number of carbonyl (C=O) groups excluding carboxylic acids is 1. The van der Waals surface area contributed by atoms with Gasteiger partial charge in [0.25, 0.3) is 5.91 Å². The molecule has 0 aliphatic heterocycles. The first-order chi connectivity index (χ1) is 22.2. The van der Waals surface area contributed by atoms with E-state index in [2.05, 4.69) is 35.2 Å². The van der Waals surface area contributed by atoms with Gasteiger partial charge in [-0.05, 0) is 65.7 Å². The van der Waals surface area contributed by atoms with Crippen LogP contribution in [0.3, 0.4) is 0 Å². The molecule has 46 heavy (non-hydrogen) atoms. The molecule has 0 aliphatic carbocycles. The first kappa shape index (κ1) is 29.0. The van der Waals surface area contributed by atoms with Crippen molar-refractivity contribution in [1.82, 2.24) is 34.9 Å². The highest BCUT2D eigenvalue weighted by Gasteiger charge is 2.17. The Hall–Kier alpha value is -5.79. The second-order valence-corrected chi connectivity index (χ2v) is 12.6. The number of aromatic amines is 2. The number of hydrogen-bond acceptors (Lipinski definition) is 7. The van der Waals surface area contributed by atoms with Crippen LogP contribution in [0, 0.1) is 5.82 Å². The molecule has 5 heterocycles. The summed E-state index contributed by atoms with van der Waals surface area (Å²) >= 11 is 0. The minimum absolute atomic E-state index is 0.0452. The summed E-state index contributed by atoms with van der Waals surface area (Å²) in [4.78, 5) is 29.6. The van der Waals surface area contributed by atoms with Crippen molar-refractivity contribution in [1.29, 1.82) is 0 Å². The smallest absolute Gasteiger partial charge is 0.255 e. The van der Waals surface area contributed by atoms with E-state index in [0.717, 1.165) is 11.6 Å². The highest BCUT2D eigenvalue weighted by Crippen LogP contribution is 2.34. The fourth-order valence-electron chi connectivity index (χ4n) is 5.22. The van der Waals surface area contributed by atoms with Crippen molar-refractivity contribution >= 4 is 43.6 Å². The van der Waals surface area contributed by atoms with E-state index in [1.54, 1.807) is 61.2 Å². The minimum Gasteiger partial charge on any atom is -0.352 e. The lowest BCUT2D eigenvalue weighted by Gasteiger charge is -2.08. The second kappa shape index (κ2) is 11.6. The molecule has 7 rings (SSSR count). The van der Waals surface area contributed by atoms with Crippen molar-refractivity contribution in [3.8, 4) is 33.8 Å². The summed E-state index contributed by atoms with van der Waals surface area (Å²) in [6.45, 7) is -0.0452. The van der Waals surface area contributed by atoms with E-state index in [1.807, 2.05) is 24.3 Å². The van der Waals surface area contributed by atoms with Crippen molar-refractivity contribution < 1.29 is 17.6 Å². The molecule has 13 heteroatoms. The third-order valence-corrected chi connectivity index (χ3v) is 8.01. The fraction of sp³-hybridized carbons (Fsp3) is 0.0606. The van der Waals surface area contributed by atoms with Crippen LogP contribution in [0.4, 0.5) is 10.1 Å². The molecule has 11 nitrogen and oxygen atoms in total. The number of aromatic nitrogens is 6. The fourth-order valence-corrected chi connectivity index (χ4v) is 5.65. The summed E-state index contributed by atoms with van der Waals surface area (Å²) < 4.78 is 40.2. The average molecular weight is 633 g/mol. The monoisotopic (exact) mass is 632 g/mol. The molecule has 0 radical (unpaired) electrons. The highest BCUT2D eigenvalue weighted by molar-refractivity contribution is 7.88. The number of halogens is 1. The summed E-state index contributed by atoms with van der Waals surface area (Å²) in [7, 11) is -3.45.